The van der Waals surface area contributed by atoms with Crippen LogP contribution in [-0.2, 0) is 18.8 Å². The second-order valence-electron chi connectivity index (χ2n) is 5.59. The van der Waals surface area contributed by atoms with Gasteiger partial charge in [-0.2, -0.15) is 8.42 Å². The Bertz CT molecular complexity index is 283. The van der Waals surface area contributed by atoms with E-state index in [0.717, 1.165) is 38.5 Å². The van der Waals surface area contributed by atoms with Gasteiger partial charge in [-0.1, -0.05) is 78.1 Å². The molecule has 6 heteroatoms. The third kappa shape index (κ3) is 18.9. The van der Waals surface area contributed by atoms with Crippen molar-refractivity contribution in [2.45, 2.75) is 90.9 Å². The molecule has 0 N–H and O–H groups in total. The summed E-state index contributed by atoms with van der Waals surface area (Å²) < 4.78 is 32.6. The molecule has 130 valence electrons. The first kappa shape index (κ1) is 25.1. The second kappa shape index (κ2) is 18.2. The monoisotopic (exact) mass is 346 g/mol. The molecule has 0 atom stereocenters. The van der Waals surface area contributed by atoms with E-state index in [9.17, 15) is 8.42 Å². The van der Waals surface area contributed by atoms with Gasteiger partial charge < -0.3 is 0 Å². The van der Waals surface area contributed by atoms with Crippen molar-refractivity contribution in [3.8, 4) is 0 Å². The van der Waals surface area contributed by atoms with E-state index in [4.69, 9.17) is 8.37 Å². The van der Waals surface area contributed by atoms with Crippen LogP contribution in [0.1, 0.15) is 90.9 Å². The Kier molecular flexibility index (Phi) is 20.8. The van der Waals surface area contributed by atoms with Crippen LogP contribution in [-0.4, -0.2) is 51.2 Å². The molecule has 0 bridgehead atoms. The van der Waals surface area contributed by atoms with Crippen molar-refractivity contribution < 1.29 is 16.8 Å². The molecule has 0 aliphatic rings. The summed E-state index contributed by atoms with van der Waals surface area (Å²) in [4.78, 5) is 0. The van der Waals surface area contributed by atoms with E-state index in [1.807, 2.05) is 0 Å². The van der Waals surface area contributed by atoms with Gasteiger partial charge in [-0.05, 0) is 12.8 Å². The first-order valence-corrected chi connectivity index (χ1v) is 9.99. The molecule has 0 fully saturated rings. The van der Waals surface area contributed by atoms with Crippen LogP contribution in [0.4, 0.5) is 0 Å². The fourth-order valence-electron chi connectivity index (χ4n) is 2.12. The molecular weight excluding hydrogens is 311 g/mol. The second-order valence-corrected chi connectivity index (χ2v) is 6.88. The molecule has 0 radical (unpaired) electrons. The molecule has 0 rings (SSSR count). The van der Waals surface area contributed by atoms with E-state index in [1.54, 1.807) is 0 Å². The molecule has 0 spiro atoms. The Morgan fingerprint density at radius 3 is 1.27 bits per heavy atom. The summed E-state index contributed by atoms with van der Waals surface area (Å²) in [7, 11) is -3.78. The summed E-state index contributed by atoms with van der Waals surface area (Å²) in [6.07, 6.45) is 13.3. The number of hydrogen-bond donors (Lipinski definition) is 0. The first-order valence-electron chi connectivity index (χ1n) is 8.66. The van der Waals surface area contributed by atoms with Crippen LogP contribution in [0.3, 0.4) is 0 Å². The summed E-state index contributed by atoms with van der Waals surface area (Å²) in [5, 5.41) is 0. The minimum atomic E-state index is -3.78. The molecule has 0 aromatic rings. The molecule has 0 aromatic carbocycles. The zero-order chi connectivity index (χ0) is 15.8. The summed E-state index contributed by atoms with van der Waals surface area (Å²) in [6.45, 7) is 4.84. The molecule has 4 nitrogen and oxygen atoms in total. The van der Waals surface area contributed by atoms with Crippen LogP contribution in [0, 0.1) is 0 Å². The fourth-order valence-corrected chi connectivity index (χ4v) is 2.83. The minimum absolute atomic E-state index is 0. The Hall–Kier alpha value is 0.870. The van der Waals surface area contributed by atoms with Gasteiger partial charge in [0.2, 0.25) is 0 Å². The quantitative estimate of drug-likeness (QED) is 0.308. The third-order valence-electron chi connectivity index (χ3n) is 3.45. The van der Waals surface area contributed by atoms with Crippen LogP contribution >= 0.6 is 0 Å². The molecule has 0 unspecified atom stereocenters. The number of hydrogen-bond acceptors (Lipinski definition) is 4. The van der Waals surface area contributed by atoms with Crippen molar-refractivity contribution in [2.24, 2.45) is 0 Å². The van der Waals surface area contributed by atoms with E-state index in [0.29, 0.717) is 0 Å². The van der Waals surface area contributed by atoms with Crippen molar-refractivity contribution in [1.29, 1.82) is 0 Å². The molecule has 0 saturated carbocycles. The molecule has 0 heterocycles. The molecule has 0 aliphatic carbocycles. The predicted molar refractivity (Wildman–Crippen MR) is 94.7 cm³/mol. The molecule has 0 saturated heterocycles. The zero-order valence-corrected chi connectivity index (χ0v) is 14.8. The van der Waals surface area contributed by atoms with E-state index < -0.39 is 10.4 Å². The summed E-state index contributed by atoms with van der Waals surface area (Å²) in [5.41, 5.74) is 0. The maximum absolute atomic E-state index is 11.5. The third-order valence-corrected chi connectivity index (χ3v) is 4.36. The van der Waals surface area contributed by atoms with Crippen molar-refractivity contribution in [3.05, 3.63) is 0 Å². The predicted octanol–water partition coefficient (Wildman–Crippen LogP) is 4.34. The van der Waals surface area contributed by atoms with E-state index in [1.165, 1.54) is 38.5 Å². The normalized spacial score (nSPS) is 11.4. The van der Waals surface area contributed by atoms with Gasteiger partial charge in [0.05, 0.1) is 13.2 Å². The summed E-state index contributed by atoms with van der Waals surface area (Å²) in [6, 6.07) is 0. The van der Waals surface area contributed by atoms with Gasteiger partial charge >= 0.3 is 40.0 Å². The summed E-state index contributed by atoms with van der Waals surface area (Å²) >= 11 is 0. The SMILES string of the molecule is CCCCCCCCOS(=O)(=O)OCCCCCCCC.[NaH]. The van der Waals surface area contributed by atoms with E-state index in [2.05, 4.69) is 13.8 Å². The van der Waals surface area contributed by atoms with Crippen LogP contribution in [0.15, 0.2) is 0 Å². The molecule has 22 heavy (non-hydrogen) atoms. The van der Waals surface area contributed by atoms with Crippen LogP contribution in [0.25, 0.3) is 0 Å². The van der Waals surface area contributed by atoms with Crippen molar-refractivity contribution in [3.63, 3.8) is 0 Å². The number of rotatable bonds is 16. The van der Waals surface area contributed by atoms with Gasteiger partial charge in [-0.15, -0.1) is 0 Å². The molecule has 0 aliphatic heterocycles. The van der Waals surface area contributed by atoms with E-state index >= 15 is 0 Å². The van der Waals surface area contributed by atoms with Gasteiger partial charge in [0.25, 0.3) is 0 Å². The average Bonchev–Trinajstić information content (AvgIpc) is 2.45. The molecule has 0 aromatic heterocycles. The Morgan fingerprint density at radius 1 is 0.591 bits per heavy atom. The Morgan fingerprint density at radius 2 is 0.909 bits per heavy atom. The molecule has 0 amide bonds. The van der Waals surface area contributed by atoms with Gasteiger partial charge in [-0.3, -0.25) is 0 Å². The van der Waals surface area contributed by atoms with Crippen LogP contribution in [0.5, 0.6) is 0 Å². The first-order chi connectivity index (χ1) is 10.1. The van der Waals surface area contributed by atoms with Crippen molar-refractivity contribution in [2.75, 3.05) is 13.2 Å². The Balaban J connectivity index is 0. The van der Waals surface area contributed by atoms with Crippen LogP contribution in [0.2, 0.25) is 0 Å². The van der Waals surface area contributed by atoms with Crippen LogP contribution < -0.4 is 0 Å². The van der Waals surface area contributed by atoms with Gasteiger partial charge in [0, 0.05) is 0 Å². The number of unbranched alkanes of at least 4 members (excludes halogenated alkanes) is 10. The molecular formula is C16H35NaO4S. The average molecular weight is 347 g/mol. The van der Waals surface area contributed by atoms with Gasteiger partial charge in [-0.25, -0.2) is 8.37 Å². The van der Waals surface area contributed by atoms with Gasteiger partial charge in [0.15, 0.2) is 0 Å². The summed E-state index contributed by atoms with van der Waals surface area (Å²) in [5.74, 6) is 0. The fraction of sp³-hybridized carbons (Fsp3) is 1.00. The van der Waals surface area contributed by atoms with E-state index in [-0.39, 0.29) is 42.8 Å². The van der Waals surface area contributed by atoms with Crippen molar-refractivity contribution in [1.82, 2.24) is 0 Å². The maximum atomic E-state index is 11.5. The topological polar surface area (TPSA) is 52.6 Å². The zero-order valence-electron chi connectivity index (χ0n) is 13.9. The van der Waals surface area contributed by atoms with Crippen molar-refractivity contribution >= 4 is 40.0 Å². The Labute approximate surface area is 160 Å². The van der Waals surface area contributed by atoms with Gasteiger partial charge in [0.1, 0.15) is 0 Å². The standard InChI is InChI=1S/C16H34O4S.Na.H/c1-3-5-7-9-11-13-15-19-21(17,18)20-16-14-12-10-8-6-4-2;;/h3-16H2,1-2H3;;.